The van der Waals surface area contributed by atoms with Gasteiger partial charge in [0.15, 0.2) is 0 Å². The number of fused-ring (bicyclic) bond motifs is 8. The number of methoxy groups -OCH3 is 1. The lowest BCUT2D eigenvalue weighted by molar-refractivity contribution is -0.178. The van der Waals surface area contributed by atoms with Crippen LogP contribution >= 0.6 is 0 Å². The van der Waals surface area contributed by atoms with Crippen LogP contribution in [0.5, 0.6) is 0 Å². The fraction of sp³-hybridized carbons (Fsp3) is 0.750. The van der Waals surface area contributed by atoms with Crippen LogP contribution in [0.15, 0.2) is 39.9 Å². The smallest absolute Gasteiger partial charge is 0.309 e. The molecule has 2 N–H and O–H groups in total. The topological polar surface area (TPSA) is 88.4 Å². The molecule has 8 atom stereocenters. The lowest BCUT2D eigenvalue weighted by atomic mass is 9.34. The third-order valence-electron chi connectivity index (χ3n) is 12.9. The first kappa shape index (κ1) is 26.5. The highest BCUT2D eigenvalue weighted by molar-refractivity contribution is 6.05. The van der Waals surface area contributed by atoms with Gasteiger partial charge < -0.3 is 19.7 Å². The maximum Gasteiger partial charge on any atom is 0.309 e. The first-order chi connectivity index (χ1) is 17.6. The van der Waals surface area contributed by atoms with E-state index in [0.717, 1.165) is 56.1 Å². The molecule has 6 aliphatic rings. The van der Waals surface area contributed by atoms with Gasteiger partial charge in [-0.25, -0.2) is 0 Å². The van der Waals surface area contributed by atoms with E-state index < -0.39 is 22.8 Å². The summed E-state index contributed by atoms with van der Waals surface area (Å²) < 4.78 is 12.1. The van der Waals surface area contributed by atoms with Gasteiger partial charge in [-0.15, -0.1) is 0 Å². The van der Waals surface area contributed by atoms with Crippen molar-refractivity contribution in [2.75, 3.05) is 20.3 Å². The number of allylic oxidation sites excluding steroid dienone is 3. The van der Waals surface area contributed by atoms with Gasteiger partial charge in [-0.2, -0.15) is 0 Å². The van der Waals surface area contributed by atoms with Gasteiger partial charge in [0, 0.05) is 12.5 Å². The zero-order valence-electron chi connectivity index (χ0n) is 24.2. The summed E-state index contributed by atoms with van der Waals surface area (Å²) in [5, 5.41) is 21.9. The number of carboxylic acids is 1. The number of rotatable bonds is 2. The Bertz CT molecular complexity index is 1230. The average Bonchev–Trinajstić information content (AvgIpc) is 2.87. The van der Waals surface area contributed by atoms with E-state index in [-0.39, 0.29) is 21.7 Å². The van der Waals surface area contributed by atoms with Crippen LogP contribution in [0.1, 0.15) is 86.5 Å². The van der Waals surface area contributed by atoms with Crippen molar-refractivity contribution in [2.24, 2.45) is 38.0 Å². The van der Waals surface area contributed by atoms with Gasteiger partial charge in [0.1, 0.15) is 11.3 Å². The summed E-state index contributed by atoms with van der Waals surface area (Å²) in [6.45, 7) is 14.5. The number of nitrogens with zero attached hydrogens (tertiary/aromatic N) is 1. The number of ether oxygens (including phenoxy) is 2. The Hall–Kier alpha value is -1.76. The Kier molecular flexibility index (Phi) is 5.36. The second kappa shape index (κ2) is 7.70. The van der Waals surface area contributed by atoms with Gasteiger partial charge in [0.2, 0.25) is 5.79 Å². The summed E-state index contributed by atoms with van der Waals surface area (Å²) in [7, 11) is 1.69. The van der Waals surface area contributed by atoms with Crippen molar-refractivity contribution in [3.63, 3.8) is 0 Å². The van der Waals surface area contributed by atoms with E-state index in [0.29, 0.717) is 24.8 Å². The second-order valence-corrected chi connectivity index (χ2v) is 14.6. The van der Waals surface area contributed by atoms with Crippen LogP contribution in [0.3, 0.4) is 0 Å². The molecular formula is C32H45NO5. The number of aliphatic carboxylic acids is 1. The van der Waals surface area contributed by atoms with E-state index in [4.69, 9.17) is 14.5 Å². The van der Waals surface area contributed by atoms with Crippen LogP contribution in [0, 0.1) is 33.0 Å². The Morgan fingerprint density at radius 1 is 1.00 bits per heavy atom. The molecule has 0 aromatic heterocycles. The minimum atomic E-state index is -1.57. The van der Waals surface area contributed by atoms with Crippen LogP contribution in [-0.2, 0) is 14.3 Å². The van der Waals surface area contributed by atoms with Crippen LogP contribution < -0.4 is 0 Å². The van der Waals surface area contributed by atoms with E-state index in [9.17, 15) is 15.0 Å². The fourth-order valence-corrected chi connectivity index (χ4v) is 9.90. The normalized spacial score (nSPS) is 51.5. The van der Waals surface area contributed by atoms with Crippen molar-refractivity contribution in [2.45, 2.75) is 97.9 Å². The Morgan fingerprint density at radius 2 is 1.71 bits per heavy atom. The molecule has 6 heteroatoms. The zero-order valence-corrected chi connectivity index (χ0v) is 24.2. The molecule has 5 aliphatic carbocycles. The third kappa shape index (κ3) is 3.00. The van der Waals surface area contributed by atoms with E-state index in [1.807, 2.05) is 19.9 Å². The predicted octanol–water partition coefficient (Wildman–Crippen LogP) is 5.86. The number of carbonyl (C=O) groups is 1. The predicted molar refractivity (Wildman–Crippen MR) is 147 cm³/mol. The van der Waals surface area contributed by atoms with Crippen LogP contribution in [0.4, 0.5) is 0 Å². The number of hydrogen-bond acceptors (Lipinski definition) is 5. The Morgan fingerprint density at radius 3 is 2.39 bits per heavy atom. The van der Waals surface area contributed by atoms with E-state index >= 15 is 0 Å². The van der Waals surface area contributed by atoms with Crippen molar-refractivity contribution < 1.29 is 24.5 Å². The largest absolute Gasteiger partial charge is 0.481 e. The monoisotopic (exact) mass is 523 g/mol. The molecule has 2 unspecified atom stereocenters. The second-order valence-electron chi connectivity index (χ2n) is 14.6. The van der Waals surface area contributed by atoms with E-state index in [1.54, 1.807) is 7.11 Å². The van der Waals surface area contributed by atoms with Crippen molar-refractivity contribution in [3.8, 4) is 0 Å². The van der Waals surface area contributed by atoms with Crippen molar-refractivity contribution in [1.29, 1.82) is 0 Å². The first-order valence-electron chi connectivity index (χ1n) is 14.5. The molecule has 0 saturated heterocycles. The lowest BCUT2D eigenvalue weighted by Gasteiger charge is -2.70. The van der Waals surface area contributed by atoms with Crippen molar-refractivity contribution in [3.05, 3.63) is 34.9 Å². The summed E-state index contributed by atoms with van der Waals surface area (Å²) >= 11 is 0. The molecule has 3 fully saturated rings. The highest BCUT2D eigenvalue weighted by Crippen LogP contribution is 2.75. The molecule has 1 heterocycles. The molecule has 0 radical (unpaired) electrons. The summed E-state index contributed by atoms with van der Waals surface area (Å²) in [5.74, 6) is -1.88. The van der Waals surface area contributed by atoms with Gasteiger partial charge in [0.05, 0.1) is 18.6 Å². The highest BCUT2D eigenvalue weighted by atomic mass is 16.6. The summed E-state index contributed by atoms with van der Waals surface area (Å²) in [6, 6.07) is 0. The number of hydrogen-bond donors (Lipinski definition) is 2. The molecule has 0 aromatic carbocycles. The Balaban J connectivity index is 1.50. The van der Waals surface area contributed by atoms with Crippen molar-refractivity contribution in [1.82, 2.24) is 0 Å². The molecular weight excluding hydrogens is 478 g/mol. The summed E-state index contributed by atoms with van der Waals surface area (Å²) in [5.41, 5.74) is 2.36. The van der Waals surface area contributed by atoms with E-state index in [1.165, 1.54) is 5.57 Å². The molecule has 0 aromatic rings. The highest BCUT2D eigenvalue weighted by Gasteiger charge is 2.68. The number of carboxylic acid groups (broad SMARTS) is 1. The molecule has 0 amide bonds. The standard InChI is InChI=1S/C32H45NO5/c1-26-10-11-27(2,25(34)35)19-23(26)30(5)15-13-28(3)21-18-32(36)24(33-16-17-38-32)31(6,37-7)20(21)8-9-22(28)29(30,4)14-12-26/h8-9,18,23,36H,10-17,19H2,1-7H3,(H,34,35)/t23-,26-,27-,28+,29-,30+,31?,32?/m1/s1. The minimum Gasteiger partial charge on any atom is -0.481 e. The third-order valence-corrected chi connectivity index (χ3v) is 12.9. The van der Waals surface area contributed by atoms with E-state index in [2.05, 4.69) is 39.8 Å². The van der Waals surface area contributed by atoms with Gasteiger partial charge in [-0.05, 0) is 98.2 Å². The fourth-order valence-electron chi connectivity index (χ4n) is 9.90. The lowest BCUT2D eigenvalue weighted by Crippen LogP contribution is -2.64. The maximum absolute atomic E-state index is 12.4. The Labute approximate surface area is 227 Å². The molecule has 38 heavy (non-hydrogen) atoms. The van der Waals surface area contributed by atoms with Crippen LogP contribution in [0.2, 0.25) is 0 Å². The molecule has 3 saturated carbocycles. The minimum absolute atomic E-state index is 0.0154. The SMILES string of the molecule is COC1(C)C2=CC=C3[C@@](C)(CC[C@@]4(C)[C@@H]5C[C@](C)(C(=O)O)CC[C@]5(C)CC[C@]34C)C2=CC2(O)OCCN=C21. The molecule has 6 nitrogen and oxygen atoms in total. The maximum atomic E-state index is 12.4. The van der Waals surface area contributed by atoms with Crippen molar-refractivity contribution >= 4 is 11.7 Å². The molecule has 0 bridgehead atoms. The number of aliphatic imine (C=N–C) groups is 1. The quantitative estimate of drug-likeness (QED) is 0.473. The number of aliphatic hydroxyl groups is 1. The van der Waals surface area contributed by atoms with Gasteiger partial charge in [-0.3, -0.25) is 9.79 Å². The van der Waals surface area contributed by atoms with Crippen LogP contribution in [-0.4, -0.2) is 53.5 Å². The van der Waals surface area contributed by atoms with Gasteiger partial charge >= 0.3 is 5.97 Å². The summed E-state index contributed by atoms with van der Waals surface area (Å²) in [6.07, 6.45) is 13.1. The zero-order chi connectivity index (χ0) is 27.6. The molecule has 208 valence electrons. The molecule has 6 rings (SSSR count). The molecule has 0 spiro atoms. The van der Waals surface area contributed by atoms with Gasteiger partial charge in [-0.1, -0.05) is 45.4 Å². The first-order valence-corrected chi connectivity index (χ1v) is 14.5. The van der Waals surface area contributed by atoms with Crippen LogP contribution in [0.25, 0.3) is 0 Å². The summed E-state index contributed by atoms with van der Waals surface area (Å²) in [4.78, 5) is 17.1. The average molecular weight is 524 g/mol. The van der Waals surface area contributed by atoms with Gasteiger partial charge in [0.25, 0.3) is 0 Å². The molecule has 1 aliphatic heterocycles.